The number of morpholine rings is 1. The van der Waals surface area contributed by atoms with E-state index in [0.717, 1.165) is 23.5 Å². The van der Waals surface area contributed by atoms with Crippen molar-refractivity contribution < 1.29 is 23.4 Å². The van der Waals surface area contributed by atoms with Gasteiger partial charge in [0.25, 0.3) is 5.91 Å². The van der Waals surface area contributed by atoms with E-state index in [9.17, 15) is 23.5 Å². The van der Waals surface area contributed by atoms with Crippen LogP contribution in [0.5, 0.6) is 5.75 Å². The van der Waals surface area contributed by atoms with E-state index in [-0.39, 0.29) is 34.3 Å². The van der Waals surface area contributed by atoms with Gasteiger partial charge in [-0.2, -0.15) is 0 Å². The van der Waals surface area contributed by atoms with Crippen LogP contribution in [0.15, 0.2) is 29.2 Å². The second-order valence-corrected chi connectivity index (χ2v) is 8.42. The lowest BCUT2D eigenvalue weighted by molar-refractivity contribution is -0.0140. The lowest BCUT2D eigenvalue weighted by atomic mass is 10.1. The lowest BCUT2D eigenvalue weighted by Crippen LogP contribution is -2.54. The van der Waals surface area contributed by atoms with Gasteiger partial charge in [0.15, 0.2) is 16.5 Å². The molecule has 160 valence electrons. The molecule has 1 amide bonds. The van der Waals surface area contributed by atoms with E-state index in [2.05, 4.69) is 10.2 Å². The number of pyridine rings is 1. The summed E-state index contributed by atoms with van der Waals surface area (Å²) in [6, 6.07) is 3.09. The molecule has 0 saturated carbocycles. The number of aromatic nitrogens is 3. The van der Waals surface area contributed by atoms with Crippen LogP contribution < -0.4 is 5.43 Å². The van der Waals surface area contributed by atoms with Gasteiger partial charge in [0.1, 0.15) is 16.6 Å². The first-order valence-electron chi connectivity index (χ1n) is 9.54. The van der Waals surface area contributed by atoms with Crippen LogP contribution in [0, 0.1) is 11.6 Å². The molecule has 11 heteroatoms. The molecule has 1 aromatic carbocycles. The third-order valence-electron chi connectivity index (χ3n) is 5.41. The predicted octanol–water partition coefficient (Wildman–Crippen LogP) is 1.80. The van der Waals surface area contributed by atoms with Gasteiger partial charge < -0.3 is 19.3 Å². The second kappa shape index (κ2) is 7.50. The Morgan fingerprint density at radius 1 is 1.26 bits per heavy atom. The van der Waals surface area contributed by atoms with Crippen molar-refractivity contribution in [3.63, 3.8) is 0 Å². The lowest BCUT2D eigenvalue weighted by Gasteiger charge is -2.40. The third-order valence-corrected chi connectivity index (χ3v) is 6.37. The Morgan fingerprint density at radius 2 is 2.10 bits per heavy atom. The maximum Gasteiger partial charge on any atom is 0.274 e. The summed E-state index contributed by atoms with van der Waals surface area (Å²) in [5.41, 5.74) is -0.424. The Bertz CT molecular complexity index is 1260. The highest BCUT2D eigenvalue weighted by Gasteiger charge is 2.37. The molecule has 1 fully saturated rings. The summed E-state index contributed by atoms with van der Waals surface area (Å²) < 4.78 is 34.0. The number of amides is 1. The first-order chi connectivity index (χ1) is 14.9. The number of fused-ring (bicyclic) bond motifs is 2. The van der Waals surface area contributed by atoms with Crippen LogP contribution in [-0.2, 0) is 17.7 Å². The zero-order valence-electron chi connectivity index (χ0n) is 16.0. The normalized spacial score (nSPS) is 18.1. The molecule has 4 heterocycles. The summed E-state index contributed by atoms with van der Waals surface area (Å²) in [4.78, 5) is 27.2. The van der Waals surface area contributed by atoms with Crippen LogP contribution in [0.25, 0.3) is 10.6 Å². The van der Waals surface area contributed by atoms with Crippen LogP contribution >= 0.6 is 11.3 Å². The van der Waals surface area contributed by atoms with E-state index < -0.39 is 28.7 Å². The molecule has 0 bridgehead atoms. The number of benzene rings is 1. The van der Waals surface area contributed by atoms with E-state index in [1.807, 2.05) is 0 Å². The maximum atomic E-state index is 13.9. The number of hydrogen-bond acceptors (Lipinski definition) is 7. The molecule has 0 radical (unpaired) electrons. The van der Waals surface area contributed by atoms with Crippen LogP contribution in [0.1, 0.15) is 21.1 Å². The van der Waals surface area contributed by atoms with Gasteiger partial charge in [-0.25, -0.2) is 8.78 Å². The largest absolute Gasteiger partial charge is 0.503 e. The highest BCUT2D eigenvalue weighted by Crippen LogP contribution is 2.30. The van der Waals surface area contributed by atoms with E-state index in [4.69, 9.17) is 4.74 Å². The summed E-state index contributed by atoms with van der Waals surface area (Å²) in [6.07, 6.45) is 1.57. The van der Waals surface area contributed by atoms with Crippen molar-refractivity contribution >= 4 is 17.2 Å². The zero-order valence-corrected chi connectivity index (χ0v) is 16.9. The second-order valence-electron chi connectivity index (χ2n) is 7.36. The van der Waals surface area contributed by atoms with Crippen molar-refractivity contribution in [3.8, 4) is 16.3 Å². The fraction of sp³-hybridized carbons (Fsp3) is 0.300. The molecule has 1 atom stereocenters. The number of hydrogen-bond donors (Lipinski definition) is 1. The Labute approximate surface area is 178 Å². The Hall–Kier alpha value is -3.18. The molecule has 0 unspecified atom stereocenters. The monoisotopic (exact) mass is 446 g/mol. The molecule has 8 nitrogen and oxygen atoms in total. The molecule has 31 heavy (non-hydrogen) atoms. The van der Waals surface area contributed by atoms with Gasteiger partial charge in [-0.05, 0) is 11.6 Å². The Kier molecular flexibility index (Phi) is 4.78. The minimum Gasteiger partial charge on any atom is -0.503 e. The van der Waals surface area contributed by atoms with Gasteiger partial charge in [0.2, 0.25) is 5.43 Å². The van der Waals surface area contributed by atoms with Gasteiger partial charge >= 0.3 is 0 Å². The highest BCUT2D eigenvalue weighted by atomic mass is 32.1. The average Bonchev–Trinajstić information content (AvgIpc) is 3.21. The quantitative estimate of drug-likeness (QED) is 0.659. The fourth-order valence-corrected chi connectivity index (χ4v) is 4.74. The molecule has 5 rings (SSSR count). The zero-order chi connectivity index (χ0) is 21.7. The van der Waals surface area contributed by atoms with Crippen molar-refractivity contribution in [1.29, 1.82) is 0 Å². The average molecular weight is 446 g/mol. The minimum atomic E-state index is -0.720. The summed E-state index contributed by atoms with van der Waals surface area (Å²) in [6.45, 7) is 1.56. The molecule has 2 aromatic heterocycles. The topological polar surface area (TPSA) is 97.5 Å². The van der Waals surface area contributed by atoms with Gasteiger partial charge in [0.05, 0.1) is 24.8 Å². The van der Waals surface area contributed by atoms with Gasteiger partial charge in [-0.15, -0.1) is 10.2 Å². The summed E-state index contributed by atoms with van der Waals surface area (Å²) in [5, 5.41) is 19.2. The third kappa shape index (κ3) is 3.39. The number of aromatic hydroxyl groups is 1. The van der Waals surface area contributed by atoms with Gasteiger partial charge in [0, 0.05) is 31.8 Å². The number of carbonyl (C=O) groups is 1. The molecule has 0 aliphatic carbocycles. The van der Waals surface area contributed by atoms with Crippen LogP contribution in [-0.4, -0.2) is 56.5 Å². The molecular formula is C20H16F2N4O4S. The first-order valence-corrected chi connectivity index (χ1v) is 10.4. The number of nitrogens with zero attached hydrogens (tertiary/aromatic N) is 4. The molecule has 1 saturated heterocycles. The molecule has 2 aliphatic rings. The molecule has 2 aliphatic heterocycles. The van der Waals surface area contributed by atoms with Crippen molar-refractivity contribution in [1.82, 2.24) is 19.7 Å². The smallest absolute Gasteiger partial charge is 0.274 e. The van der Waals surface area contributed by atoms with Crippen LogP contribution in [0.4, 0.5) is 8.78 Å². The minimum absolute atomic E-state index is 0.0509. The first kappa shape index (κ1) is 19.8. The number of halogens is 2. The molecule has 0 spiro atoms. The standard InChI is InChI=1S/C20H16F2N4O4S/c21-11-2-1-10(14(22)6-11)5-15-23-24-19(31-15)13-8-25-7-12-9-30-4-3-26(12)20(29)16(25)18(28)17(13)27/h1-2,6,8,12,28H,3-5,7,9H2/t12-/m1/s1. The summed E-state index contributed by atoms with van der Waals surface area (Å²) in [5.74, 6) is -2.41. The van der Waals surface area contributed by atoms with Crippen molar-refractivity contribution in [2.45, 2.75) is 19.0 Å². The maximum absolute atomic E-state index is 13.9. The number of carbonyl (C=O) groups excluding carboxylic acids is 1. The van der Waals surface area contributed by atoms with Crippen LogP contribution in [0.2, 0.25) is 0 Å². The highest BCUT2D eigenvalue weighted by molar-refractivity contribution is 7.14. The SMILES string of the molecule is O=C1c2c(O)c(=O)c(-c3nnc(Cc4ccc(F)cc4F)s3)cn2C[C@@H]2COCCN12. The Morgan fingerprint density at radius 3 is 2.90 bits per heavy atom. The van der Waals surface area contributed by atoms with Gasteiger partial charge in [-0.1, -0.05) is 17.4 Å². The van der Waals surface area contributed by atoms with Crippen LogP contribution in [0.3, 0.4) is 0 Å². The van der Waals surface area contributed by atoms with Crippen molar-refractivity contribution in [3.05, 3.63) is 62.5 Å². The van der Waals surface area contributed by atoms with E-state index in [1.54, 1.807) is 9.47 Å². The molecular weight excluding hydrogens is 430 g/mol. The van der Waals surface area contributed by atoms with Crippen molar-refractivity contribution in [2.24, 2.45) is 0 Å². The number of rotatable bonds is 3. The fourth-order valence-electron chi connectivity index (χ4n) is 3.87. The van der Waals surface area contributed by atoms with E-state index in [0.29, 0.717) is 31.3 Å². The van der Waals surface area contributed by atoms with Gasteiger partial charge in [-0.3, -0.25) is 9.59 Å². The summed E-state index contributed by atoms with van der Waals surface area (Å²) >= 11 is 1.06. The summed E-state index contributed by atoms with van der Waals surface area (Å²) in [7, 11) is 0. The predicted molar refractivity (Wildman–Crippen MR) is 106 cm³/mol. The molecule has 1 N–H and O–H groups in total. The Balaban J connectivity index is 1.50. The van der Waals surface area contributed by atoms with E-state index >= 15 is 0 Å². The van der Waals surface area contributed by atoms with E-state index in [1.165, 1.54) is 12.3 Å². The number of ether oxygens (including phenoxy) is 1. The molecule has 3 aromatic rings. The van der Waals surface area contributed by atoms with Crippen molar-refractivity contribution in [2.75, 3.05) is 19.8 Å².